The van der Waals surface area contributed by atoms with Gasteiger partial charge < -0.3 is 9.80 Å². The third-order valence-electron chi connectivity index (χ3n) is 17.2. The minimum atomic E-state index is -0.464. The summed E-state index contributed by atoms with van der Waals surface area (Å²) >= 11 is 4.17. The van der Waals surface area contributed by atoms with E-state index in [-0.39, 0.29) is 6.71 Å². The summed E-state index contributed by atoms with van der Waals surface area (Å²) in [5.74, 6) is 0.426. The van der Waals surface area contributed by atoms with E-state index in [1.54, 1.807) is 0 Å². The van der Waals surface area contributed by atoms with Crippen molar-refractivity contribution in [2.24, 2.45) is 0 Å². The highest BCUT2D eigenvalue weighted by molar-refractivity contribution is 7.37. The van der Waals surface area contributed by atoms with Crippen LogP contribution >= 0.6 is 22.7 Å². The Morgan fingerprint density at radius 2 is 0.708 bits per heavy atom. The van der Waals surface area contributed by atoms with Gasteiger partial charge in [-0.3, -0.25) is 0 Å². The second-order valence-electron chi connectivity index (χ2n) is 20.7. The number of hydrogen-bond donors (Lipinski definition) is 0. The van der Waals surface area contributed by atoms with Gasteiger partial charge in [0.25, 0.3) is 6.71 Å². The number of benzene rings is 9. The molecule has 0 saturated carbocycles. The molecule has 5 heteroatoms. The zero-order valence-corrected chi connectivity index (χ0v) is 41.3. The maximum atomic E-state index is 2.67. The fraction of sp³-hybridized carbons (Fsp3) is 0.0746. The first-order valence-electron chi connectivity index (χ1n) is 25.4. The number of nitrogens with zero attached hydrogens (tertiary/aromatic N) is 2. The lowest BCUT2D eigenvalue weighted by molar-refractivity contribution is 0.811. The Hall–Kier alpha value is -7.96. The van der Waals surface area contributed by atoms with Gasteiger partial charge in [0.1, 0.15) is 0 Å². The van der Waals surface area contributed by atoms with Crippen LogP contribution in [0.3, 0.4) is 0 Å². The molecule has 0 amide bonds. The molecule has 11 aromatic rings. The van der Waals surface area contributed by atoms with Gasteiger partial charge in [-0.2, -0.15) is 0 Å². The molecular weight excluding hydrogens is 908 g/mol. The van der Waals surface area contributed by atoms with Crippen molar-refractivity contribution in [3.63, 3.8) is 0 Å². The molecule has 17 rings (SSSR count). The number of para-hydroxylation sites is 1. The fourth-order valence-electron chi connectivity index (χ4n) is 14.6. The lowest BCUT2D eigenvalue weighted by Gasteiger charge is -2.42. The van der Waals surface area contributed by atoms with Gasteiger partial charge in [-0.1, -0.05) is 196 Å². The molecule has 0 saturated heterocycles. The number of rotatable bonds is 3. The van der Waals surface area contributed by atoms with Gasteiger partial charge >= 0.3 is 0 Å². The van der Waals surface area contributed by atoms with E-state index in [9.17, 15) is 0 Å². The second kappa shape index (κ2) is 13.9. The molecule has 6 aliphatic rings. The highest BCUT2D eigenvalue weighted by atomic mass is 32.1. The van der Waals surface area contributed by atoms with E-state index in [4.69, 9.17) is 0 Å². The highest BCUT2D eigenvalue weighted by Gasteiger charge is 2.60. The maximum absolute atomic E-state index is 2.67. The van der Waals surface area contributed by atoms with Crippen molar-refractivity contribution < 1.29 is 0 Å². The Balaban J connectivity index is 1.03. The average molecular weight is 951 g/mol. The Bertz CT molecular complexity index is 4090. The summed E-state index contributed by atoms with van der Waals surface area (Å²) in [4.78, 5) is 8.18. The Morgan fingerprint density at radius 3 is 1.11 bits per heavy atom. The van der Waals surface area contributed by atoms with Gasteiger partial charge in [-0.25, -0.2) is 0 Å². The van der Waals surface area contributed by atoms with Crippen LogP contribution in [0.15, 0.2) is 218 Å². The lowest BCUT2D eigenvalue weighted by Crippen LogP contribution is -2.59. The molecule has 2 aromatic heterocycles. The third kappa shape index (κ3) is 4.52. The second-order valence-corrected chi connectivity index (χ2v) is 22.8. The van der Waals surface area contributed by atoms with E-state index in [1.165, 1.54) is 142 Å². The molecule has 0 bridgehead atoms. The topological polar surface area (TPSA) is 6.48 Å². The van der Waals surface area contributed by atoms with Crippen molar-refractivity contribution in [2.75, 3.05) is 9.80 Å². The van der Waals surface area contributed by atoms with Crippen LogP contribution in [0.25, 0.3) is 44.5 Å². The SMILES string of the molecule is CC(C)c1ccc(N2c3cccc4c3B(c3sc5c(c3N4c3ccccc3)-c3ccccc3C53c4ccccc4-c4ccccc43)c3sc4c(c32)-c2ccccc2C42c3ccccc3-c3ccccc32)cc1. The van der Waals surface area contributed by atoms with Crippen molar-refractivity contribution in [3.05, 3.63) is 267 Å². The maximum Gasteiger partial charge on any atom is 0.277 e. The van der Waals surface area contributed by atoms with Crippen LogP contribution in [-0.4, -0.2) is 6.71 Å². The van der Waals surface area contributed by atoms with Crippen LogP contribution in [0.5, 0.6) is 0 Å². The molecule has 0 unspecified atom stereocenters. The van der Waals surface area contributed by atoms with Crippen LogP contribution in [-0.2, 0) is 10.8 Å². The summed E-state index contributed by atoms with van der Waals surface area (Å²) < 4.78 is 2.84. The van der Waals surface area contributed by atoms with E-state index >= 15 is 0 Å². The van der Waals surface area contributed by atoms with Gasteiger partial charge in [0, 0.05) is 53.2 Å². The molecule has 2 aliphatic heterocycles. The molecular formula is C67H43BN2S2. The summed E-state index contributed by atoms with van der Waals surface area (Å²) in [6.07, 6.45) is 0. The van der Waals surface area contributed by atoms with E-state index < -0.39 is 10.8 Å². The number of thiophene rings is 2. The minimum Gasteiger partial charge on any atom is -0.310 e. The number of fused-ring (bicyclic) bond motifs is 26. The van der Waals surface area contributed by atoms with E-state index in [0.717, 1.165) is 0 Å². The van der Waals surface area contributed by atoms with Crippen molar-refractivity contribution >= 4 is 78.5 Å². The average Bonchev–Trinajstić information content (AvgIpc) is 4.27. The van der Waals surface area contributed by atoms with E-state index in [2.05, 4.69) is 265 Å². The molecule has 0 atom stereocenters. The highest BCUT2D eigenvalue weighted by Crippen LogP contribution is 2.69. The van der Waals surface area contributed by atoms with Gasteiger partial charge in [0.05, 0.1) is 22.2 Å². The summed E-state index contributed by atoms with van der Waals surface area (Å²) in [6.45, 7) is 4.57. The predicted octanol–water partition coefficient (Wildman–Crippen LogP) is 15.7. The van der Waals surface area contributed by atoms with Crippen LogP contribution in [0, 0.1) is 0 Å². The molecule has 9 aromatic carbocycles. The smallest absolute Gasteiger partial charge is 0.277 e. The van der Waals surface area contributed by atoms with Crippen LogP contribution in [0.4, 0.5) is 34.1 Å². The van der Waals surface area contributed by atoms with Gasteiger partial charge in [-0.15, -0.1) is 22.7 Å². The monoisotopic (exact) mass is 950 g/mol. The summed E-state index contributed by atoms with van der Waals surface area (Å²) in [6, 6.07) is 83.6. The Kier molecular flexibility index (Phi) is 7.68. The van der Waals surface area contributed by atoms with Crippen LogP contribution in [0.1, 0.15) is 68.5 Å². The molecule has 4 aliphatic carbocycles. The molecule has 0 radical (unpaired) electrons. The molecule has 336 valence electrons. The van der Waals surface area contributed by atoms with Gasteiger partial charge in [0.2, 0.25) is 0 Å². The van der Waals surface area contributed by atoms with Crippen molar-refractivity contribution in [1.82, 2.24) is 0 Å². The largest absolute Gasteiger partial charge is 0.310 e. The minimum absolute atomic E-state index is 0.0224. The molecule has 72 heavy (non-hydrogen) atoms. The summed E-state index contributed by atoms with van der Waals surface area (Å²) in [5.41, 5.74) is 28.4. The first-order valence-corrected chi connectivity index (χ1v) is 27.0. The molecule has 2 spiro atoms. The normalized spacial score (nSPS) is 15.3. The third-order valence-corrected chi connectivity index (χ3v) is 20.0. The standard InChI is InChI=1S/C67H43BN2S2/c1-39(2)40-35-37-42(38-36-40)70-56-34-18-33-55-59(56)68(65-61(70)58-48-26-11-17-32-54(48)67(63(58)72-65)51-29-14-8-23-45(51)46-24-9-15-30-52(46)67)64-60(69(55)41-19-4-3-5-20-41)57-47-25-10-16-31-53(47)66(62(57)71-64)49-27-12-6-21-43(49)44-22-7-13-28-50(44)66/h3-39H,1-2H3. The molecule has 0 fully saturated rings. The lowest BCUT2D eigenvalue weighted by atomic mass is 9.39. The van der Waals surface area contributed by atoms with Crippen LogP contribution in [0.2, 0.25) is 0 Å². The first-order chi connectivity index (χ1) is 35.6. The quantitative estimate of drug-likeness (QED) is 0.163. The number of hydrogen-bond acceptors (Lipinski definition) is 4. The van der Waals surface area contributed by atoms with Crippen molar-refractivity contribution in [2.45, 2.75) is 30.6 Å². The van der Waals surface area contributed by atoms with Crippen molar-refractivity contribution in [1.29, 1.82) is 0 Å². The fourth-order valence-corrected chi connectivity index (χ4v) is 17.9. The number of anilines is 6. The zero-order valence-electron chi connectivity index (χ0n) is 39.7. The molecule has 4 heterocycles. The first kappa shape index (κ1) is 39.7. The van der Waals surface area contributed by atoms with Gasteiger partial charge in [0.15, 0.2) is 0 Å². The Morgan fingerprint density at radius 1 is 0.361 bits per heavy atom. The van der Waals surface area contributed by atoms with E-state index in [1.807, 2.05) is 0 Å². The zero-order chi connectivity index (χ0) is 47.2. The molecule has 2 nitrogen and oxygen atoms in total. The van der Waals surface area contributed by atoms with Crippen LogP contribution < -0.4 is 24.8 Å². The summed E-state index contributed by atoms with van der Waals surface area (Å²) in [7, 11) is 0. The molecule has 0 N–H and O–H groups in total. The summed E-state index contributed by atoms with van der Waals surface area (Å²) in [5, 5.41) is 0. The predicted molar refractivity (Wildman–Crippen MR) is 303 cm³/mol. The van der Waals surface area contributed by atoms with Crippen molar-refractivity contribution in [3.8, 4) is 44.5 Å². The van der Waals surface area contributed by atoms with E-state index in [0.29, 0.717) is 5.92 Å². The Labute approximate surface area is 427 Å². The van der Waals surface area contributed by atoms with Gasteiger partial charge in [-0.05, 0) is 120 Å².